The van der Waals surface area contributed by atoms with Crippen LogP contribution in [0.5, 0.6) is 0 Å². The number of nitrogens with zero attached hydrogens (tertiary/aromatic N) is 1. The second-order valence-electron chi connectivity index (χ2n) is 39.2. The molecule has 4 heterocycles. The Kier molecular flexibility index (Phi) is 64.9. The summed E-state index contributed by atoms with van der Waals surface area (Å²) in [6, 6.07) is 56.2. The minimum absolute atomic E-state index is 0. The Morgan fingerprint density at radius 2 is 0.734 bits per heavy atom. The summed E-state index contributed by atoms with van der Waals surface area (Å²) in [6.45, 7) is 33.1. The molecule has 3 amide bonds. The molecule has 9 unspecified atom stereocenters. The largest absolute Gasteiger partial charge is 0.519 e. The molecule has 32 heteroatoms. The average molecular weight is 2440 g/mol. The lowest BCUT2D eigenvalue weighted by Crippen LogP contribution is -2.33. The standard InChI is InChI=1S/C21H33NO4.C21H29NO4.C16H25NO2.C14H20INO3.C10H18O5.C9H12INO.C9H8INO.C7H5IO.C4H8O.H2/c2*1-21(2,3)26-20(24)22-13-12-19(23)17-8-6-7-16(15-17)10-11-18-9-4-5-14-25-18;17-10-9-16(18)14-5-3-4-13(12-14)7-8-15-6-1-2-11-19-15;1-14(2,3)19-13(18)16-8-7-12(17)10-5-4-6-11(15)9-10;1-9(2,3)14-7(11)13-8(12)15-10(4,5)6;2*10-8-3-1-2-7(6-8)9(12)4-5-11;8-7-3-1-2-6(4-7)5-9;1-2-4-5-3-1;/h6-8,15,18-19,23H,4-5,9-14H2,1-3H3,(H,22,24);6-8,15,18-19,23H,4-5,9,12-14H2,1-3H3,(H,22,24);3-5,12,15-16,18H,1-2,6-11,17H2;4-6,9,12,17H,7-8H2,1-3H3,(H,16,18);1-6H3;1-3,6,9,12H,4-5,11H2;1-3,6,9,12H,4H2;1-5H;1-4H2;1H. The number of hydrogen-bond acceptors (Lipinski definition) is 25. The van der Waals surface area contributed by atoms with E-state index >= 15 is 0 Å². The molecule has 143 heavy (non-hydrogen) atoms. The van der Waals surface area contributed by atoms with Crippen LogP contribution in [0.1, 0.15) is 324 Å². The van der Waals surface area contributed by atoms with E-state index in [1.54, 1.807) is 47.6 Å². The normalized spacial score (nSPS) is 16.1. The second kappa shape index (κ2) is 71.8. The molecule has 7 aromatic rings. The monoisotopic (exact) mass is 2440 g/mol. The Labute approximate surface area is 905 Å². The summed E-state index contributed by atoms with van der Waals surface area (Å²) in [5.74, 6) is 6.29. The van der Waals surface area contributed by atoms with Gasteiger partial charge in [-0.15, -0.1) is 0 Å². The summed E-state index contributed by atoms with van der Waals surface area (Å²) in [4.78, 5) is 66.8. The Hall–Kier alpha value is -7.75. The van der Waals surface area contributed by atoms with E-state index in [2.05, 4.69) is 147 Å². The van der Waals surface area contributed by atoms with Crippen molar-refractivity contribution in [2.24, 2.45) is 11.5 Å². The minimum atomic E-state index is -1.06. The molecule has 4 aliphatic rings. The highest BCUT2D eigenvalue weighted by atomic mass is 127. The fourth-order valence-corrected chi connectivity index (χ4v) is 15.8. The molecule has 11 rings (SSSR count). The van der Waals surface area contributed by atoms with Crippen LogP contribution in [-0.2, 0) is 60.2 Å². The molecule has 0 spiro atoms. The lowest BCUT2D eigenvalue weighted by molar-refractivity contribution is -0.0295. The number of benzene rings is 7. The number of aryl methyl sites for hydroxylation is 2. The third kappa shape index (κ3) is 66.3. The smallest absolute Gasteiger partial charge is 0.444 e. The molecule has 9 atom stereocenters. The lowest BCUT2D eigenvalue weighted by Gasteiger charge is -2.22. The number of carbonyl (C=O) groups is 6. The fourth-order valence-electron chi connectivity index (χ4n) is 13.5. The number of hydrogen-bond donors (Lipinski definition) is 11. The summed E-state index contributed by atoms with van der Waals surface area (Å²) >= 11 is 8.77. The Bertz CT molecular complexity index is 4860. The molecule has 0 radical (unpaired) electrons. The number of aliphatic hydroxyl groups excluding tert-OH is 6. The molecule has 0 aliphatic carbocycles. The zero-order valence-corrected chi connectivity index (χ0v) is 94.8. The first kappa shape index (κ1) is 129. The summed E-state index contributed by atoms with van der Waals surface area (Å²) in [6.07, 6.45) is 14.7. The van der Waals surface area contributed by atoms with Crippen molar-refractivity contribution in [1.29, 1.82) is 5.26 Å². The van der Waals surface area contributed by atoms with Crippen molar-refractivity contribution >= 4 is 127 Å². The van der Waals surface area contributed by atoms with Crippen molar-refractivity contribution in [3.05, 3.63) is 240 Å². The topological polar surface area (TPSA) is 428 Å². The van der Waals surface area contributed by atoms with Crippen LogP contribution in [0.4, 0.5) is 24.0 Å². The molecule has 4 fully saturated rings. The number of nitrogens with one attached hydrogen (secondary N) is 3. The van der Waals surface area contributed by atoms with Gasteiger partial charge in [-0.1, -0.05) is 121 Å². The van der Waals surface area contributed by atoms with Gasteiger partial charge in [0.05, 0.1) is 61.3 Å². The van der Waals surface area contributed by atoms with Crippen molar-refractivity contribution < 1.29 is 108 Å². The maximum atomic E-state index is 11.6. The highest BCUT2D eigenvalue weighted by Gasteiger charge is 2.27. The highest BCUT2D eigenvalue weighted by molar-refractivity contribution is 14.1. The molecule has 4 saturated heterocycles. The van der Waals surface area contributed by atoms with E-state index < -0.39 is 95.2 Å². The number of nitriles is 1. The van der Waals surface area contributed by atoms with Gasteiger partial charge in [0.15, 0.2) is 0 Å². The van der Waals surface area contributed by atoms with Crippen LogP contribution in [0.2, 0.25) is 0 Å². The van der Waals surface area contributed by atoms with Gasteiger partial charge in [-0.2, -0.15) is 5.26 Å². The first-order valence-corrected chi connectivity index (χ1v) is 53.4. The van der Waals surface area contributed by atoms with E-state index in [0.29, 0.717) is 77.0 Å². The summed E-state index contributed by atoms with van der Waals surface area (Å²) in [7, 11) is 0. The zero-order valence-electron chi connectivity index (χ0n) is 86.2. The Morgan fingerprint density at radius 1 is 0.413 bits per heavy atom. The molecule has 13 N–H and O–H groups in total. The first-order valence-electron chi connectivity index (χ1n) is 49.1. The molecule has 7 aromatic carbocycles. The number of amides is 3. The van der Waals surface area contributed by atoms with Crippen LogP contribution in [0.25, 0.3) is 0 Å². The van der Waals surface area contributed by atoms with Crippen molar-refractivity contribution in [3.63, 3.8) is 0 Å². The van der Waals surface area contributed by atoms with Gasteiger partial charge < -0.3 is 105 Å². The molecule has 0 saturated carbocycles. The van der Waals surface area contributed by atoms with Crippen LogP contribution in [0.3, 0.4) is 0 Å². The van der Waals surface area contributed by atoms with Gasteiger partial charge in [0.2, 0.25) is 0 Å². The van der Waals surface area contributed by atoms with Gasteiger partial charge in [0.1, 0.15) is 40.4 Å². The lowest BCUT2D eigenvalue weighted by atomic mass is 9.98. The van der Waals surface area contributed by atoms with Crippen LogP contribution in [-0.4, -0.2) is 180 Å². The van der Waals surface area contributed by atoms with Gasteiger partial charge in [-0.25, -0.2) is 24.0 Å². The van der Waals surface area contributed by atoms with Crippen molar-refractivity contribution in [3.8, 4) is 17.9 Å². The number of ether oxygens (including phenoxy) is 10. The van der Waals surface area contributed by atoms with Gasteiger partial charge in [-0.05, 0) is 441 Å². The molecule has 4 aliphatic heterocycles. The van der Waals surface area contributed by atoms with Crippen LogP contribution >= 0.6 is 90.4 Å². The maximum Gasteiger partial charge on any atom is 0.519 e. The second-order valence-corrected chi connectivity index (χ2v) is 44.2. The van der Waals surface area contributed by atoms with Crippen molar-refractivity contribution in [1.82, 2.24) is 16.0 Å². The maximum absolute atomic E-state index is 11.6. The predicted molar refractivity (Wildman–Crippen MR) is 595 cm³/mol. The number of aldehydes is 1. The van der Waals surface area contributed by atoms with Gasteiger partial charge >= 0.3 is 30.6 Å². The SMILES string of the molecule is C1CCOC1.CC(C)(C)OC(=O)NCCC(O)c1cccc(C#CC2CCCCO2)c1.CC(C)(C)OC(=O)NCCC(O)c1cccc(CCC2CCCCO2)c1.CC(C)(C)OC(=O)NCCC(O)c1cccc(I)c1.CC(C)(C)OC(=O)OC(=O)OC(C)(C)C.N#CCC(O)c1cccc(I)c1.NCCC(O)c1cccc(CCC2CCCCO2)c1.NCCC(O)c1cccc(I)c1.O=Cc1cccc(I)c1.[HH]. The number of aliphatic hydroxyl groups is 6. The number of nitrogens with two attached hydrogens (primary N) is 2. The average Bonchev–Trinajstić information content (AvgIpc) is 0.916. The number of alkyl carbamates (subject to hydrolysis) is 3. The van der Waals surface area contributed by atoms with Crippen LogP contribution in [0.15, 0.2) is 170 Å². The van der Waals surface area contributed by atoms with Crippen LogP contribution in [0, 0.1) is 37.5 Å². The van der Waals surface area contributed by atoms with Crippen LogP contribution < -0.4 is 27.4 Å². The molecule has 794 valence electrons. The predicted octanol–water partition coefficient (Wildman–Crippen LogP) is 23.4. The molecule has 0 aromatic heterocycles. The summed E-state index contributed by atoms with van der Waals surface area (Å²) in [5, 5.41) is 76.0. The fraction of sp³-hybridized carbons (Fsp3) is 0.541. The molecular weight excluding hydrogens is 2280 g/mol. The summed E-state index contributed by atoms with van der Waals surface area (Å²) in [5.41, 5.74) is 17.3. The van der Waals surface area contributed by atoms with Gasteiger partial charge in [-0.3, -0.25) is 4.79 Å². The Morgan fingerprint density at radius 3 is 1.04 bits per heavy atom. The van der Waals surface area contributed by atoms with E-state index in [9.17, 15) is 59.4 Å². The van der Waals surface area contributed by atoms with Gasteiger partial charge in [0.25, 0.3) is 0 Å². The summed E-state index contributed by atoms with van der Waals surface area (Å²) < 4.78 is 55.8. The highest BCUT2D eigenvalue weighted by Crippen LogP contribution is 2.28. The molecule has 28 nitrogen and oxygen atoms in total. The number of halogens is 4. The zero-order chi connectivity index (χ0) is 106. The number of rotatable bonds is 27. The van der Waals surface area contributed by atoms with E-state index in [0.717, 1.165) is 149 Å². The van der Waals surface area contributed by atoms with Crippen molar-refractivity contribution in [2.45, 2.75) is 322 Å². The minimum Gasteiger partial charge on any atom is -0.444 e. The number of carbonyl (C=O) groups excluding carboxylic acids is 6. The van der Waals surface area contributed by atoms with E-state index in [-0.39, 0.29) is 14.0 Å². The quantitative estimate of drug-likeness (QED) is 0.00569. The Balaban J connectivity index is 0.000000562. The van der Waals surface area contributed by atoms with Gasteiger partial charge in [0, 0.05) is 79.5 Å². The third-order valence-electron chi connectivity index (χ3n) is 20.4. The third-order valence-corrected chi connectivity index (χ3v) is 23.1. The van der Waals surface area contributed by atoms with E-state index in [1.807, 2.05) is 208 Å². The van der Waals surface area contributed by atoms with Crippen molar-refractivity contribution in [2.75, 3.05) is 65.8 Å². The van der Waals surface area contributed by atoms with E-state index in [4.69, 9.17) is 59.4 Å². The molecule has 0 bridgehead atoms. The molecular formula is C111H160I4N6O22. The first-order chi connectivity index (χ1) is 67.5. The van der Waals surface area contributed by atoms with E-state index in [1.165, 1.54) is 56.1 Å².